The Morgan fingerprint density at radius 3 is 2.67 bits per heavy atom. The largest absolute Gasteiger partial charge is 0.357 e. The van der Waals surface area contributed by atoms with Gasteiger partial charge in [0.05, 0.1) is 10.7 Å². The Morgan fingerprint density at radius 1 is 1.33 bits per heavy atom. The summed E-state index contributed by atoms with van der Waals surface area (Å²) in [6.07, 6.45) is 4.37. The normalized spacial score (nSPS) is 11.8. The fourth-order valence-electron chi connectivity index (χ4n) is 2.15. The van der Waals surface area contributed by atoms with E-state index in [9.17, 15) is 0 Å². The van der Waals surface area contributed by atoms with Crippen molar-refractivity contribution in [2.24, 2.45) is 4.99 Å². The lowest BCUT2D eigenvalue weighted by molar-refractivity contribution is 0.465. The predicted octanol–water partition coefficient (Wildman–Crippen LogP) is 3.25. The average molecular weight is 311 g/mol. The molecule has 4 nitrogen and oxygen atoms in total. The Bertz CT molecular complexity index is 439. The molecule has 1 rings (SSSR count). The van der Waals surface area contributed by atoms with Crippen LogP contribution in [0, 0.1) is 6.92 Å². The molecule has 1 N–H and O–H groups in total. The standard InChI is InChI=1S/C16H30N4S/c1-6-9-12-20(5)16(17-8-3)18-11-10-15-19-14(7-2)13(4)21-15/h6-12H2,1-5H3,(H,17,18). The van der Waals surface area contributed by atoms with Gasteiger partial charge in [0.15, 0.2) is 5.96 Å². The summed E-state index contributed by atoms with van der Waals surface area (Å²) >= 11 is 1.81. The summed E-state index contributed by atoms with van der Waals surface area (Å²) in [6, 6.07) is 0. The highest BCUT2D eigenvalue weighted by Gasteiger charge is 2.07. The van der Waals surface area contributed by atoms with Crippen molar-refractivity contribution in [3.63, 3.8) is 0 Å². The van der Waals surface area contributed by atoms with Crippen molar-refractivity contribution in [3.05, 3.63) is 15.6 Å². The fourth-order valence-corrected chi connectivity index (χ4v) is 3.16. The zero-order chi connectivity index (χ0) is 15.7. The first-order valence-electron chi connectivity index (χ1n) is 8.06. The molecule has 0 saturated carbocycles. The van der Waals surface area contributed by atoms with Gasteiger partial charge in [-0.3, -0.25) is 4.99 Å². The zero-order valence-corrected chi connectivity index (χ0v) is 15.0. The van der Waals surface area contributed by atoms with Crippen molar-refractivity contribution in [2.45, 2.75) is 53.4 Å². The lowest BCUT2D eigenvalue weighted by atomic mass is 10.3. The number of hydrogen-bond acceptors (Lipinski definition) is 3. The fraction of sp³-hybridized carbons (Fsp3) is 0.750. The molecule has 5 heteroatoms. The van der Waals surface area contributed by atoms with Crippen LogP contribution in [-0.2, 0) is 12.8 Å². The highest BCUT2D eigenvalue weighted by atomic mass is 32.1. The highest BCUT2D eigenvalue weighted by molar-refractivity contribution is 7.11. The van der Waals surface area contributed by atoms with E-state index in [1.54, 1.807) is 0 Å². The number of guanidine groups is 1. The molecule has 0 spiro atoms. The van der Waals surface area contributed by atoms with Gasteiger partial charge in [-0.05, 0) is 26.7 Å². The molecule has 0 aromatic carbocycles. The summed E-state index contributed by atoms with van der Waals surface area (Å²) in [4.78, 5) is 13.0. The molecule has 1 heterocycles. The number of aromatic nitrogens is 1. The number of thiazole rings is 1. The number of aliphatic imine (C=N–C) groups is 1. The Kier molecular flexibility index (Phi) is 8.35. The average Bonchev–Trinajstić information content (AvgIpc) is 2.84. The topological polar surface area (TPSA) is 40.5 Å². The Balaban J connectivity index is 2.56. The van der Waals surface area contributed by atoms with Crippen molar-refractivity contribution in [1.29, 1.82) is 0 Å². The number of nitrogens with one attached hydrogen (secondary N) is 1. The first-order chi connectivity index (χ1) is 10.1. The molecule has 1 aromatic heterocycles. The number of unbranched alkanes of at least 4 members (excludes halogenated alkanes) is 1. The maximum atomic E-state index is 4.72. The minimum Gasteiger partial charge on any atom is -0.357 e. The summed E-state index contributed by atoms with van der Waals surface area (Å²) in [5, 5.41) is 4.57. The van der Waals surface area contributed by atoms with Crippen molar-refractivity contribution in [2.75, 3.05) is 26.7 Å². The summed E-state index contributed by atoms with van der Waals surface area (Å²) in [7, 11) is 2.11. The molecule has 1 aromatic rings. The van der Waals surface area contributed by atoms with Crippen LogP contribution in [0.2, 0.25) is 0 Å². The van der Waals surface area contributed by atoms with Gasteiger partial charge in [0.25, 0.3) is 0 Å². The van der Waals surface area contributed by atoms with Crippen LogP contribution >= 0.6 is 11.3 Å². The van der Waals surface area contributed by atoms with Crippen molar-refractivity contribution < 1.29 is 0 Å². The van der Waals surface area contributed by atoms with Crippen molar-refractivity contribution >= 4 is 17.3 Å². The first-order valence-corrected chi connectivity index (χ1v) is 8.88. The quantitative estimate of drug-likeness (QED) is 0.592. The number of rotatable bonds is 8. The molecule has 0 atom stereocenters. The maximum Gasteiger partial charge on any atom is 0.193 e. The third-order valence-corrected chi connectivity index (χ3v) is 4.48. The zero-order valence-electron chi connectivity index (χ0n) is 14.2. The maximum absolute atomic E-state index is 4.72. The third-order valence-electron chi connectivity index (χ3n) is 3.40. The van der Waals surface area contributed by atoms with E-state index in [2.05, 4.69) is 49.9 Å². The van der Waals surface area contributed by atoms with Gasteiger partial charge < -0.3 is 10.2 Å². The summed E-state index contributed by atoms with van der Waals surface area (Å²) < 4.78 is 0. The Labute approximate surface area is 133 Å². The number of aryl methyl sites for hydroxylation is 2. The van der Waals surface area contributed by atoms with Gasteiger partial charge in [0, 0.05) is 38.0 Å². The first kappa shape index (κ1) is 18.0. The predicted molar refractivity (Wildman–Crippen MR) is 93.4 cm³/mol. The molecule has 0 aliphatic rings. The van der Waals surface area contributed by atoms with E-state index in [-0.39, 0.29) is 0 Å². The molecule has 120 valence electrons. The Hall–Kier alpha value is -1.10. The second-order valence-corrected chi connectivity index (χ2v) is 6.51. The second-order valence-electron chi connectivity index (χ2n) is 5.22. The van der Waals surface area contributed by atoms with Crippen molar-refractivity contribution in [3.8, 4) is 0 Å². The molecular weight excluding hydrogens is 280 g/mol. The smallest absolute Gasteiger partial charge is 0.193 e. The van der Waals surface area contributed by atoms with Crippen LogP contribution in [0.15, 0.2) is 4.99 Å². The monoisotopic (exact) mass is 310 g/mol. The summed E-state index contributed by atoms with van der Waals surface area (Å²) in [5.74, 6) is 1.01. The lowest BCUT2D eigenvalue weighted by Crippen LogP contribution is -2.39. The molecule has 0 saturated heterocycles. The van der Waals surface area contributed by atoms with Crippen LogP contribution in [0.25, 0.3) is 0 Å². The van der Waals surface area contributed by atoms with Crippen LogP contribution in [0.3, 0.4) is 0 Å². The van der Waals surface area contributed by atoms with Crippen LogP contribution in [-0.4, -0.2) is 42.5 Å². The molecule has 0 amide bonds. The van der Waals surface area contributed by atoms with Gasteiger partial charge in [-0.15, -0.1) is 11.3 Å². The molecule has 0 aliphatic heterocycles. The van der Waals surface area contributed by atoms with Gasteiger partial charge in [-0.2, -0.15) is 0 Å². The third kappa shape index (κ3) is 6.04. The second kappa shape index (κ2) is 9.77. The van der Waals surface area contributed by atoms with Gasteiger partial charge in [0.1, 0.15) is 0 Å². The van der Waals surface area contributed by atoms with E-state index < -0.39 is 0 Å². The summed E-state index contributed by atoms with van der Waals surface area (Å²) in [6.45, 7) is 11.4. The molecule has 0 fully saturated rings. The molecule has 0 aliphatic carbocycles. The van der Waals surface area contributed by atoms with Gasteiger partial charge in [-0.1, -0.05) is 20.3 Å². The lowest BCUT2D eigenvalue weighted by Gasteiger charge is -2.21. The summed E-state index contributed by atoms with van der Waals surface area (Å²) in [5.41, 5.74) is 1.24. The van der Waals surface area contributed by atoms with E-state index in [1.165, 1.54) is 28.4 Å². The molecule has 21 heavy (non-hydrogen) atoms. The van der Waals surface area contributed by atoms with Crippen LogP contribution < -0.4 is 5.32 Å². The molecule has 0 radical (unpaired) electrons. The van der Waals surface area contributed by atoms with E-state index in [1.807, 2.05) is 11.3 Å². The number of nitrogens with zero attached hydrogens (tertiary/aromatic N) is 3. The van der Waals surface area contributed by atoms with Crippen LogP contribution in [0.5, 0.6) is 0 Å². The van der Waals surface area contributed by atoms with Crippen molar-refractivity contribution in [1.82, 2.24) is 15.2 Å². The van der Waals surface area contributed by atoms with Gasteiger partial charge in [0.2, 0.25) is 0 Å². The minimum absolute atomic E-state index is 0.801. The van der Waals surface area contributed by atoms with Crippen LogP contribution in [0.4, 0.5) is 0 Å². The number of hydrogen-bond donors (Lipinski definition) is 1. The van der Waals surface area contributed by atoms with E-state index in [4.69, 9.17) is 4.99 Å². The Morgan fingerprint density at radius 2 is 2.10 bits per heavy atom. The SMILES string of the molecule is CCCCN(C)C(=NCCc1nc(CC)c(C)s1)NCC. The van der Waals surface area contributed by atoms with E-state index in [0.29, 0.717) is 0 Å². The van der Waals surface area contributed by atoms with Gasteiger partial charge in [-0.25, -0.2) is 4.98 Å². The van der Waals surface area contributed by atoms with Gasteiger partial charge >= 0.3 is 0 Å². The molecular formula is C16H30N4S. The van der Waals surface area contributed by atoms with Crippen LogP contribution in [0.1, 0.15) is 49.2 Å². The molecule has 0 unspecified atom stereocenters. The highest BCUT2D eigenvalue weighted by Crippen LogP contribution is 2.18. The van der Waals surface area contributed by atoms with E-state index >= 15 is 0 Å². The van der Waals surface area contributed by atoms with E-state index in [0.717, 1.165) is 38.4 Å². The minimum atomic E-state index is 0.801. The molecule has 0 bridgehead atoms.